The van der Waals surface area contributed by atoms with Crippen molar-refractivity contribution in [1.29, 1.82) is 0 Å². The van der Waals surface area contributed by atoms with E-state index in [2.05, 4.69) is 5.32 Å². The van der Waals surface area contributed by atoms with Gasteiger partial charge in [0.05, 0.1) is 6.54 Å². The third kappa shape index (κ3) is 2.29. The Morgan fingerprint density at radius 3 is 2.39 bits per heavy atom. The molecule has 1 aromatic carbocycles. The molecule has 0 aliphatic carbocycles. The number of benzene rings is 1. The Morgan fingerprint density at radius 2 is 1.83 bits per heavy atom. The maximum absolute atomic E-state index is 13.0. The van der Waals surface area contributed by atoms with Gasteiger partial charge in [0.25, 0.3) is 5.91 Å². The lowest BCUT2D eigenvalue weighted by Gasteiger charge is -2.26. The molecule has 1 N–H and O–H groups in total. The maximum Gasteiger partial charge on any atom is 0.254 e. The number of nitrogens with zero attached hydrogens (tertiary/aromatic N) is 1. The molecule has 0 aromatic heterocycles. The second-order valence-corrected chi connectivity index (χ2v) is 3.83. The maximum atomic E-state index is 13.0. The highest BCUT2D eigenvalue weighted by atomic mass is 19.2. The normalized spacial score (nSPS) is 15.5. The third-order valence-corrected chi connectivity index (χ3v) is 2.56. The van der Waals surface area contributed by atoms with Gasteiger partial charge in [-0.2, -0.15) is 0 Å². The van der Waals surface area contributed by atoms with Gasteiger partial charge >= 0.3 is 0 Å². The number of halogens is 3. The summed E-state index contributed by atoms with van der Waals surface area (Å²) in [6.07, 6.45) is 0. The number of carbonyl (C=O) groups is 2. The fourth-order valence-electron chi connectivity index (χ4n) is 1.67. The van der Waals surface area contributed by atoms with Crippen molar-refractivity contribution in [2.45, 2.75) is 0 Å². The molecule has 7 heteroatoms. The van der Waals surface area contributed by atoms with E-state index in [1.165, 1.54) is 0 Å². The van der Waals surface area contributed by atoms with E-state index in [1.54, 1.807) is 0 Å². The largest absolute Gasteiger partial charge is 0.353 e. The van der Waals surface area contributed by atoms with Crippen LogP contribution >= 0.6 is 0 Å². The van der Waals surface area contributed by atoms with Crippen molar-refractivity contribution in [3.8, 4) is 0 Å². The summed E-state index contributed by atoms with van der Waals surface area (Å²) in [6, 6.07) is 1.24. The fraction of sp³-hybridized carbons (Fsp3) is 0.273. The van der Waals surface area contributed by atoms with E-state index in [1.807, 2.05) is 0 Å². The number of hydrogen-bond acceptors (Lipinski definition) is 2. The molecule has 18 heavy (non-hydrogen) atoms. The van der Waals surface area contributed by atoms with Crippen LogP contribution < -0.4 is 5.32 Å². The van der Waals surface area contributed by atoms with Crippen LogP contribution in [0.15, 0.2) is 12.1 Å². The summed E-state index contributed by atoms with van der Waals surface area (Å²) >= 11 is 0. The number of hydrogen-bond donors (Lipinski definition) is 1. The minimum absolute atomic E-state index is 0.181. The van der Waals surface area contributed by atoms with E-state index < -0.39 is 23.4 Å². The number of rotatable bonds is 1. The molecule has 2 rings (SSSR count). The molecule has 96 valence electrons. The zero-order valence-corrected chi connectivity index (χ0v) is 9.17. The monoisotopic (exact) mass is 258 g/mol. The van der Waals surface area contributed by atoms with Crippen LogP contribution in [0.3, 0.4) is 0 Å². The summed E-state index contributed by atoms with van der Waals surface area (Å²) in [6.45, 7) is 0.335. The van der Waals surface area contributed by atoms with Gasteiger partial charge < -0.3 is 10.2 Å². The molecule has 0 atom stereocenters. The molecule has 0 bridgehead atoms. The first-order valence-electron chi connectivity index (χ1n) is 5.19. The topological polar surface area (TPSA) is 49.4 Å². The molecule has 0 spiro atoms. The van der Waals surface area contributed by atoms with E-state index in [4.69, 9.17) is 0 Å². The predicted molar refractivity (Wildman–Crippen MR) is 55.2 cm³/mol. The Morgan fingerprint density at radius 1 is 1.22 bits per heavy atom. The number of amides is 2. The van der Waals surface area contributed by atoms with Gasteiger partial charge in [0, 0.05) is 18.7 Å². The molecule has 1 fully saturated rings. The average molecular weight is 258 g/mol. The van der Waals surface area contributed by atoms with Gasteiger partial charge in [-0.05, 0) is 12.1 Å². The molecule has 4 nitrogen and oxygen atoms in total. The molecular formula is C11H9F3N2O2. The quantitative estimate of drug-likeness (QED) is 0.753. The van der Waals surface area contributed by atoms with Gasteiger partial charge in [0.15, 0.2) is 17.5 Å². The zero-order chi connectivity index (χ0) is 13.3. The third-order valence-electron chi connectivity index (χ3n) is 2.56. The molecule has 2 amide bonds. The molecule has 0 radical (unpaired) electrons. The van der Waals surface area contributed by atoms with Gasteiger partial charge in [-0.1, -0.05) is 0 Å². The molecule has 0 unspecified atom stereocenters. The first-order valence-corrected chi connectivity index (χ1v) is 5.19. The van der Waals surface area contributed by atoms with Crippen molar-refractivity contribution in [3.05, 3.63) is 35.1 Å². The Labute approximate surface area is 100 Å². The summed E-state index contributed by atoms with van der Waals surface area (Å²) in [4.78, 5) is 24.1. The Hall–Kier alpha value is -2.05. The Balaban J connectivity index is 2.26. The lowest BCUT2D eigenvalue weighted by molar-refractivity contribution is -0.123. The highest BCUT2D eigenvalue weighted by Crippen LogP contribution is 2.15. The Kier molecular flexibility index (Phi) is 3.22. The van der Waals surface area contributed by atoms with Gasteiger partial charge in [-0.15, -0.1) is 0 Å². The van der Waals surface area contributed by atoms with Crippen molar-refractivity contribution < 1.29 is 22.8 Å². The Bertz CT molecular complexity index is 496. The van der Waals surface area contributed by atoms with Crippen LogP contribution in [0.1, 0.15) is 10.4 Å². The van der Waals surface area contributed by atoms with Crippen LogP contribution in [-0.2, 0) is 4.79 Å². The molecule has 1 saturated heterocycles. The van der Waals surface area contributed by atoms with Crippen LogP contribution in [0.4, 0.5) is 13.2 Å². The lowest BCUT2D eigenvalue weighted by Crippen LogP contribution is -2.50. The SMILES string of the molecule is O=C1CN(C(=O)c2cc(F)c(F)c(F)c2)CCN1. The summed E-state index contributed by atoms with van der Waals surface area (Å²) in [5.74, 6) is -5.54. The van der Waals surface area contributed by atoms with E-state index in [0.717, 1.165) is 4.90 Å². The molecule has 0 saturated carbocycles. The predicted octanol–water partition coefficient (Wildman–Crippen LogP) is 0.676. The summed E-state index contributed by atoms with van der Waals surface area (Å²) in [7, 11) is 0. The second kappa shape index (κ2) is 4.67. The minimum atomic E-state index is -1.62. The fourth-order valence-corrected chi connectivity index (χ4v) is 1.67. The van der Waals surface area contributed by atoms with E-state index in [-0.39, 0.29) is 31.1 Å². The van der Waals surface area contributed by atoms with Gasteiger partial charge in [0.2, 0.25) is 5.91 Å². The van der Waals surface area contributed by atoms with Crippen molar-refractivity contribution in [2.24, 2.45) is 0 Å². The summed E-state index contributed by atoms with van der Waals surface area (Å²) in [5, 5.41) is 2.51. The summed E-state index contributed by atoms with van der Waals surface area (Å²) in [5.41, 5.74) is -0.318. The number of piperazine rings is 1. The smallest absolute Gasteiger partial charge is 0.254 e. The molecule has 1 aliphatic rings. The van der Waals surface area contributed by atoms with Crippen LogP contribution in [0.2, 0.25) is 0 Å². The second-order valence-electron chi connectivity index (χ2n) is 3.83. The van der Waals surface area contributed by atoms with Crippen LogP contribution in [0, 0.1) is 17.5 Å². The van der Waals surface area contributed by atoms with Crippen LogP contribution in [0.25, 0.3) is 0 Å². The van der Waals surface area contributed by atoms with Crippen molar-refractivity contribution in [3.63, 3.8) is 0 Å². The minimum Gasteiger partial charge on any atom is -0.353 e. The van der Waals surface area contributed by atoms with Gasteiger partial charge in [0.1, 0.15) is 0 Å². The first-order chi connectivity index (χ1) is 8.49. The number of nitrogens with one attached hydrogen (secondary N) is 1. The average Bonchev–Trinajstić information content (AvgIpc) is 2.34. The van der Waals surface area contributed by atoms with Gasteiger partial charge in [-0.3, -0.25) is 9.59 Å². The summed E-state index contributed by atoms with van der Waals surface area (Å²) < 4.78 is 38.7. The van der Waals surface area contributed by atoms with E-state index in [9.17, 15) is 22.8 Å². The first kappa shape index (κ1) is 12.4. The lowest BCUT2D eigenvalue weighted by atomic mass is 10.1. The van der Waals surface area contributed by atoms with E-state index in [0.29, 0.717) is 12.1 Å². The van der Waals surface area contributed by atoms with Crippen LogP contribution in [-0.4, -0.2) is 36.3 Å². The molecule has 1 aromatic rings. The molecule has 1 heterocycles. The highest BCUT2D eigenvalue weighted by Gasteiger charge is 2.24. The zero-order valence-electron chi connectivity index (χ0n) is 9.17. The van der Waals surface area contributed by atoms with Crippen molar-refractivity contribution in [2.75, 3.05) is 19.6 Å². The number of carbonyl (C=O) groups excluding carboxylic acids is 2. The standard InChI is InChI=1S/C11H9F3N2O2/c12-7-3-6(4-8(13)10(7)14)11(18)16-2-1-15-9(17)5-16/h3-4H,1-2,5H2,(H,15,17). The van der Waals surface area contributed by atoms with Crippen molar-refractivity contribution in [1.82, 2.24) is 10.2 Å². The van der Waals surface area contributed by atoms with Crippen LogP contribution in [0.5, 0.6) is 0 Å². The highest BCUT2D eigenvalue weighted by molar-refractivity contribution is 5.97. The van der Waals surface area contributed by atoms with Crippen molar-refractivity contribution >= 4 is 11.8 Å². The van der Waals surface area contributed by atoms with Gasteiger partial charge in [-0.25, -0.2) is 13.2 Å². The molecular weight excluding hydrogens is 249 g/mol. The molecule has 1 aliphatic heterocycles. The van der Waals surface area contributed by atoms with E-state index >= 15 is 0 Å².